The van der Waals surface area contributed by atoms with Gasteiger partial charge in [0.25, 0.3) is 0 Å². The third-order valence-electron chi connectivity index (χ3n) is 2.30. The summed E-state index contributed by atoms with van der Waals surface area (Å²) in [6.45, 7) is 0. The number of nitrogens with two attached hydrogens (primary N) is 2. The number of thiol groups is 1. The maximum atomic E-state index is 11.5. The average molecular weight is 268 g/mol. The number of carbonyl (C=O) groups is 2. The molecule has 0 aliphatic rings. The van der Waals surface area contributed by atoms with Crippen molar-refractivity contribution in [2.45, 2.75) is 18.5 Å². The van der Waals surface area contributed by atoms with Crippen LogP contribution < -0.4 is 11.5 Å². The topological polar surface area (TPSA) is 95.4 Å². The molecule has 18 heavy (non-hydrogen) atoms. The van der Waals surface area contributed by atoms with Gasteiger partial charge in [-0.1, -0.05) is 30.3 Å². The molecular weight excluding hydrogens is 252 g/mol. The number of benzene rings is 1. The van der Waals surface area contributed by atoms with E-state index in [1.165, 1.54) is 0 Å². The van der Waals surface area contributed by atoms with Crippen LogP contribution in [0.2, 0.25) is 0 Å². The predicted octanol–water partition coefficient (Wildman–Crippen LogP) is -0.117. The average Bonchev–Trinajstić information content (AvgIpc) is 2.38. The molecule has 0 aromatic heterocycles. The van der Waals surface area contributed by atoms with Crippen LogP contribution in [0.25, 0.3) is 0 Å². The van der Waals surface area contributed by atoms with E-state index in [9.17, 15) is 9.59 Å². The zero-order chi connectivity index (χ0) is 13.5. The van der Waals surface area contributed by atoms with Crippen molar-refractivity contribution in [3.63, 3.8) is 0 Å². The summed E-state index contributed by atoms with van der Waals surface area (Å²) in [7, 11) is 0. The van der Waals surface area contributed by atoms with Gasteiger partial charge in [0.05, 0.1) is 0 Å². The SMILES string of the molecule is N[C@H](Cc1ccccc1)C(=O)OC(=O)[C@@H](N)CS. The standard InChI is InChI=1S/C12H16N2O3S/c13-9(6-8-4-2-1-3-5-8)11(15)17-12(16)10(14)7-18/h1-5,9-10,18H,6-7,13-14H2/t9-,10+/m1/s1. The molecule has 1 rings (SSSR count). The maximum Gasteiger partial charge on any atom is 0.331 e. The second kappa shape index (κ2) is 7.15. The van der Waals surface area contributed by atoms with E-state index in [-0.39, 0.29) is 5.75 Å². The van der Waals surface area contributed by atoms with E-state index in [1.807, 2.05) is 30.3 Å². The molecule has 0 amide bonds. The van der Waals surface area contributed by atoms with Crippen LogP contribution in [0.3, 0.4) is 0 Å². The lowest BCUT2D eigenvalue weighted by atomic mass is 10.1. The van der Waals surface area contributed by atoms with Gasteiger partial charge in [0.1, 0.15) is 12.1 Å². The first kappa shape index (κ1) is 14.7. The normalized spacial score (nSPS) is 13.7. The lowest BCUT2D eigenvalue weighted by Gasteiger charge is -2.12. The molecule has 0 saturated heterocycles. The molecule has 6 heteroatoms. The summed E-state index contributed by atoms with van der Waals surface area (Å²) in [4.78, 5) is 22.8. The third-order valence-corrected chi connectivity index (χ3v) is 2.70. The Balaban J connectivity index is 2.50. The van der Waals surface area contributed by atoms with Crippen molar-refractivity contribution < 1.29 is 14.3 Å². The number of hydrogen-bond donors (Lipinski definition) is 3. The summed E-state index contributed by atoms with van der Waals surface area (Å²) >= 11 is 3.84. The molecule has 0 saturated carbocycles. The van der Waals surface area contributed by atoms with Crippen LogP contribution in [0.4, 0.5) is 0 Å². The van der Waals surface area contributed by atoms with E-state index >= 15 is 0 Å². The van der Waals surface area contributed by atoms with Gasteiger partial charge in [0.15, 0.2) is 0 Å². The quantitative estimate of drug-likeness (QED) is 0.393. The first-order chi connectivity index (χ1) is 8.54. The minimum atomic E-state index is -0.916. The zero-order valence-electron chi connectivity index (χ0n) is 9.78. The van der Waals surface area contributed by atoms with Crippen LogP contribution in [-0.4, -0.2) is 29.8 Å². The van der Waals surface area contributed by atoms with E-state index < -0.39 is 24.0 Å². The van der Waals surface area contributed by atoms with Gasteiger partial charge in [-0.15, -0.1) is 0 Å². The fourth-order valence-electron chi connectivity index (χ4n) is 1.28. The van der Waals surface area contributed by atoms with E-state index in [4.69, 9.17) is 11.5 Å². The molecule has 0 spiro atoms. The Morgan fingerprint density at radius 3 is 2.22 bits per heavy atom. The Labute approximate surface area is 111 Å². The van der Waals surface area contributed by atoms with E-state index in [0.29, 0.717) is 6.42 Å². The molecule has 0 aliphatic carbocycles. The third kappa shape index (κ3) is 4.48. The highest BCUT2D eigenvalue weighted by atomic mass is 32.1. The fourth-order valence-corrected chi connectivity index (χ4v) is 1.43. The molecule has 0 bridgehead atoms. The summed E-state index contributed by atoms with van der Waals surface area (Å²) in [6.07, 6.45) is 0.309. The summed E-state index contributed by atoms with van der Waals surface area (Å²) in [5.74, 6) is -1.47. The van der Waals surface area contributed by atoms with Gasteiger partial charge in [0.2, 0.25) is 0 Å². The van der Waals surface area contributed by atoms with Gasteiger partial charge in [0, 0.05) is 5.75 Å². The maximum absolute atomic E-state index is 11.5. The Hall–Kier alpha value is -1.37. The minimum absolute atomic E-state index is 0.111. The van der Waals surface area contributed by atoms with Crippen molar-refractivity contribution >= 4 is 24.6 Å². The van der Waals surface area contributed by atoms with Gasteiger partial charge < -0.3 is 16.2 Å². The first-order valence-electron chi connectivity index (χ1n) is 5.46. The lowest BCUT2D eigenvalue weighted by molar-refractivity contribution is -0.161. The molecule has 0 unspecified atom stereocenters. The first-order valence-corrected chi connectivity index (χ1v) is 6.09. The Kier molecular flexibility index (Phi) is 5.84. The van der Waals surface area contributed by atoms with Gasteiger partial charge >= 0.3 is 11.9 Å². The van der Waals surface area contributed by atoms with Crippen molar-refractivity contribution in [1.82, 2.24) is 0 Å². The Morgan fingerprint density at radius 1 is 1.11 bits per heavy atom. The van der Waals surface area contributed by atoms with Crippen LogP contribution in [0.1, 0.15) is 5.56 Å². The minimum Gasteiger partial charge on any atom is -0.391 e. The Bertz CT molecular complexity index is 411. The lowest BCUT2D eigenvalue weighted by Crippen LogP contribution is -2.41. The molecular formula is C12H16N2O3S. The van der Waals surface area contributed by atoms with Crippen molar-refractivity contribution in [2.24, 2.45) is 11.5 Å². The van der Waals surface area contributed by atoms with E-state index in [0.717, 1.165) is 5.56 Å². The monoisotopic (exact) mass is 268 g/mol. The number of esters is 2. The highest BCUT2D eigenvalue weighted by Crippen LogP contribution is 2.03. The highest BCUT2D eigenvalue weighted by molar-refractivity contribution is 7.80. The van der Waals surface area contributed by atoms with E-state index in [2.05, 4.69) is 17.4 Å². The van der Waals surface area contributed by atoms with Crippen LogP contribution in [0, 0.1) is 0 Å². The largest absolute Gasteiger partial charge is 0.391 e. The van der Waals surface area contributed by atoms with Crippen molar-refractivity contribution in [1.29, 1.82) is 0 Å². The summed E-state index contributed by atoms with van der Waals surface area (Å²) in [5, 5.41) is 0. The molecule has 2 atom stereocenters. The fraction of sp³-hybridized carbons (Fsp3) is 0.333. The van der Waals surface area contributed by atoms with Crippen molar-refractivity contribution in [3.8, 4) is 0 Å². The van der Waals surface area contributed by atoms with E-state index in [1.54, 1.807) is 0 Å². The van der Waals surface area contributed by atoms with Crippen LogP contribution in [0.5, 0.6) is 0 Å². The van der Waals surface area contributed by atoms with Gasteiger partial charge in [-0.05, 0) is 12.0 Å². The second-order valence-corrected chi connectivity index (χ2v) is 4.19. The smallest absolute Gasteiger partial charge is 0.331 e. The van der Waals surface area contributed by atoms with Gasteiger partial charge in [-0.3, -0.25) is 0 Å². The summed E-state index contributed by atoms with van der Waals surface area (Å²) < 4.78 is 4.56. The molecule has 1 aromatic carbocycles. The molecule has 1 aromatic rings. The van der Waals surface area contributed by atoms with Crippen LogP contribution >= 0.6 is 12.6 Å². The van der Waals surface area contributed by atoms with Crippen LogP contribution in [0.15, 0.2) is 30.3 Å². The summed E-state index contributed by atoms with van der Waals surface area (Å²) in [5.41, 5.74) is 11.9. The number of rotatable bonds is 5. The molecule has 0 aliphatic heterocycles. The molecule has 4 N–H and O–H groups in total. The van der Waals surface area contributed by atoms with Crippen molar-refractivity contribution in [3.05, 3.63) is 35.9 Å². The molecule has 0 radical (unpaired) electrons. The van der Waals surface area contributed by atoms with Gasteiger partial charge in [-0.2, -0.15) is 12.6 Å². The number of ether oxygens (including phenoxy) is 1. The highest BCUT2D eigenvalue weighted by Gasteiger charge is 2.22. The Morgan fingerprint density at radius 2 is 1.67 bits per heavy atom. The van der Waals surface area contributed by atoms with Crippen molar-refractivity contribution in [2.75, 3.05) is 5.75 Å². The predicted molar refractivity (Wildman–Crippen MR) is 71.0 cm³/mol. The second-order valence-electron chi connectivity index (χ2n) is 3.83. The molecule has 98 valence electrons. The number of hydrogen-bond acceptors (Lipinski definition) is 6. The number of carbonyl (C=O) groups excluding carboxylic acids is 2. The molecule has 5 nitrogen and oxygen atoms in total. The molecule has 0 heterocycles. The van der Waals surface area contributed by atoms with Gasteiger partial charge in [-0.25, -0.2) is 9.59 Å². The van der Waals surface area contributed by atoms with Crippen LogP contribution in [-0.2, 0) is 20.7 Å². The summed E-state index contributed by atoms with van der Waals surface area (Å²) in [6, 6.07) is 7.43. The zero-order valence-corrected chi connectivity index (χ0v) is 10.7. The molecule has 0 fully saturated rings.